The van der Waals surface area contributed by atoms with Crippen LogP contribution in [-0.4, -0.2) is 37.7 Å². The maximum absolute atomic E-state index is 6.36. The molecule has 5 rings (SSSR count). The van der Waals surface area contributed by atoms with Crippen molar-refractivity contribution in [2.75, 3.05) is 13.1 Å². The molecule has 1 saturated heterocycles. The second-order valence-corrected chi connectivity index (χ2v) is 10.4. The van der Waals surface area contributed by atoms with E-state index < -0.39 is 0 Å². The van der Waals surface area contributed by atoms with Crippen LogP contribution in [0.15, 0.2) is 65.1 Å². The molecule has 0 radical (unpaired) electrons. The van der Waals surface area contributed by atoms with Crippen LogP contribution >= 0.6 is 34.7 Å². The van der Waals surface area contributed by atoms with Crippen molar-refractivity contribution in [1.82, 2.24) is 24.6 Å². The second-order valence-electron chi connectivity index (χ2n) is 8.22. The molecule has 0 saturated carbocycles. The molecule has 2 aromatic heterocycles. The molecule has 1 fully saturated rings. The maximum Gasteiger partial charge on any atom is 0.191 e. The highest BCUT2D eigenvalue weighted by Crippen LogP contribution is 2.32. The highest BCUT2D eigenvalue weighted by molar-refractivity contribution is 7.98. The van der Waals surface area contributed by atoms with Crippen molar-refractivity contribution < 1.29 is 0 Å². The highest BCUT2D eigenvalue weighted by Gasteiger charge is 2.18. The number of rotatable bonds is 8. The fourth-order valence-corrected chi connectivity index (χ4v) is 6.15. The molecule has 4 aromatic rings. The highest BCUT2D eigenvalue weighted by atomic mass is 35.5. The third-order valence-corrected chi connectivity index (χ3v) is 8.05. The number of benzene rings is 2. The van der Waals surface area contributed by atoms with E-state index in [2.05, 4.69) is 55.4 Å². The first kappa shape index (κ1) is 22.6. The summed E-state index contributed by atoms with van der Waals surface area (Å²) in [6.45, 7) is 3.92. The van der Waals surface area contributed by atoms with E-state index in [0.717, 1.165) is 64.2 Å². The first-order valence-corrected chi connectivity index (χ1v) is 13.5. The van der Waals surface area contributed by atoms with Crippen LogP contribution in [0.3, 0.4) is 0 Å². The summed E-state index contributed by atoms with van der Waals surface area (Å²) in [4.78, 5) is 7.32. The molecule has 170 valence electrons. The fraction of sp³-hybridized carbons (Fsp3) is 0.320. The van der Waals surface area contributed by atoms with E-state index in [4.69, 9.17) is 16.6 Å². The number of nitrogens with zero attached hydrogens (tertiary/aromatic N) is 5. The van der Waals surface area contributed by atoms with Crippen molar-refractivity contribution in [3.05, 3.63) is 82.1 Å². The molecule has 2 aromatic carbocycles. The van der Waals surface area contributed by atoms with Crippen LogP contribution in [0.4, 0.5) is 0 Å². The molecule has 0 N–H and O–H groups in total. The van der Waals surface area contributed by atoms with E-state index in [0.29, 0.717) is 0 Å². The van der Waals surface area contributed by atoms with Crippen LogP contribution in [-0.2, 0) is 18.8 Å². The minimum absolute atomic E-state index is 0.732. The van der Waals surface area contributed by atoms with Crippen molar-refractivity contribution in [1.29, 1.82) is 0 Å². The lowest BCUT2D eigenvalue weighted by Crippen LogP contribution is -2.30. The molecular weight excluding hydrogens is 470 g/mol. The lowest BCUT2D eigenvalue weighted by molar-refractivity contribution is 0.213. The summed E-state index contributed by atoms with van der Waals surface area (Å²) in [5.41, 5.74) is 3.27. The molecule has 0 amide bonds. The van der Waals surface area contributed by atoms with Gasteiger partial charge in [0.1, 0.15) is 10.8 Å². The Bertz CT molecular complexity index is 1180. The molecule has 8 heteroatoms. The Labute approximate surface area is 207 Å². The summed E-state index contributed by atoms with van der Waals surface area (Å²) >= 11 is 9.68. The second kappa shape index (κ2) is 10.8. The maximum atomic E-state index is 6.36. The summed E-state index contributed by atoms with van der Waals surface area (Å²) < 4.78 is 2.27. The van der Waals surface area contributed by atoms with E-state index in [1.165, 1.54) is 24.8 Å². The smallest absolute Gasteiger partial charge is 0.191 e. The normalized spacial score (nSPS) is 14.6. The third-order valence-electron chi connectivity index (χ3n) is 5.80. The Morgan fingerprint density at radius 3 is 2.52 bits per heavy atom. The van der Waals surface area contributed by atoms with Gasteiger partial charge in [0.25, 0.3) is 0 Å². The first-order valence-electron chi connectivity index (χ1n) is 11.3. The third kappa shape index (κ3) is 5.66. The zero-order valence-corrected chi connectivity index (χ0v) is 20.7. The van der Waals surface area contributed by atoms with Gasteiger partial charge < -0.3 is 4.57 Å². The number of thiazole rings is 1. The summed E-state index contributed by atoms with van der Waals surface area (Å²) in [6, 6.07) is 18.4. The van der Waals surface area contributed by atoms with Gasteiger partial charge in [-0.05, 0) is 37.6 Å². The Kier molecular flexibility index (Phi) is 7.41. The topological polar surface area (TPSA) is 46.8 Å². The van der Waals surface area contributed by atoms with E-state index >= 15 is 0 Å². The van der Waals surface area contributed by atoms with Crippen molar-refractivity contribution in [3.63, 3.8) is 0 Å². The molecule has 1 aliphatic heterocycles. The van der Waals surface area contributed by atoms with Gasteiger partial charge in [-0.3, -0.25) is 4.90 Å². The monoisotopic (exact) mass is 495 g/mol. The van der Waals surface area contributed by atoms with Gasteiger partial charge in [0.05, 0.1) is 23.8 Å². The lowest BCUT2D eigenvalue weighted by Gasteiger charge is -2.26. The molecule has 33 heavy (non-hydrogen) atoms. The minimum Gasteiger partial charge on any atom is -0.300 e. The largest absolute Gasteiger partial charge is 0.300 e. The van der Waals surface area contributed by atoms with Crippen LogP contribution in [0, 0.1) is 0 Å². The van der Waals surface area contributed by atoms with Crippen molar-refractivity contribution in [2.24, 2.45) is 0 Å². The van der Waals surface area contributed by atoms with Crippen LogP contribution < -0.4 is 0 Å². The van der Waals surface area contributed by atoms with E-state index in [-0.39, 0.29) is 0 Å². The van der Waals surface area contributed by atoms with Gasteiger partial charge in [-0.1, -0.05) is 78.3 Å². The zero-order chi connectivity index (χ0) is 22.5. The molecule has 0 aliphatic carbocycles. The molecular formula is C25H26ClN5S2. The zero-order valence-electron chi connectivity index (χ0n) is 18.4. The predicted molar refractivity (Wildman–Crippen MR) is 137 cm³/mol. The van der Waals surface area contributed by atoms with Crippen LogP contribution in [0.25, 0.3) is 10.6 Å². The molecule has 0 spiro atoms. The number of likely N-dealkylation sites (tertiary alicyclic amines) is 1. The van der Waals surface area contributed by atoms with Gasteiger partial charge >= 0.3 is 0 Å². The number of halogens is 1. The Morgan fingerprint density at radius 2 is 1.70 bits per heavy atom. The summed E-state index contributed by atoms with van der Waals surface area (Å²) in [6.07, 6.45) is 3.87. The van der Waals surface area contributed by atoms with Gasteiger partial charge in [-0.2, -0.15) is 0 Å². The van der Waals surface area contributed by atoms with Crippen LogP contribution in [0.1, 0.15) is 36.3 Å². The van der Waals surface area contributed by atoms with E-state index in [9.17, 15) is 0 Å². The number of aromatic nitrogens is 4. The van der Waals surface area contributed by atoms with E-state index in [1.54, 1.807) is 23.1 Å². The molecule has 0 bridgehead atoms. The number of hydrogen-bond acceptors (Lipinski definition) is 6. The van der Waals surface area contributed by atoms with Gasteiger partial charge in [0.15, 0.2) is 5.16 Å². The first-order chi connectivity index (χ1) is 16.3. The standard InChI is InChI=1S/C25H26ClN5S2/c26-22-12-6-5-11-21(22)24-27-20(17-32-24)18-33-25-29-28-23(16-30-13-7-2-8-14-30)31(25)15-19-9-3-1-4-10-19/h1,3-6,9-12,17H,2,7-8,13-16,18H2. The molecule has 0 atom stereocenters. The Hall–Kier alpha value is -2.19. The SMILES string of the molecule is Clc1ccccc1-c1nc(CSc2nnc(CN3CCCCC3)n2Cc2ccccc2)cs1. The molecule has 3 heterocycles. The molecule has 5 nitrogen and oxygen atoms in total. The quantitative estimate of drug-likeness (QED) is 0.265. The van der Waals surface area contributed by atoms with Gasteiger partial charge in [-0.25, -0.2) is 4.98 Å². The average Bonchev–Trinajstić information content (AvgIpc) is 3.47. The minimum atomic E-state index is 0.732. The van der Waals surface area contributed by atoms with Crippen LogP contribution in [0.5, 0.6) is 0 Å². The van der Waals surface area contributed by atoms with Crippen molar-refractivity contribution >= 4 is 34.7 Å². The van der Waals surface area contributed by atoms with Crippen LogP contribution in [0.2, 0.25) is 5.02 Å². The molecule has 1 aliphatic rings. The van der Waals surface area contributed by atoms with Gasteiger partial charge in [-0.15, -0.1) is 21.5 Å². The average molecular weight is 496 g/mol. The van der Waals surface area contributed by atoms with Gasteiger partial charge in [0.2, 0.25) is 0 Å². The van der Waals surface area contributed by atoms with E-state index in [1.807, 2.05) is 24.3 Å². The van der Waals surface area contributed by atoms with Crippen molar-refractivity contribution in [3.8, 4) is 10.6 Å². The Balaban J connectivity index is 1.33. The summed E-state index contributed by atoms with van der Waals surface area (Å²) in [7, 11) is 0. The molecule has 0 unspecified atom stereocenters. The predicted octanol–water partition coefficient (Wildman–Crippen LogP) is 6.38. The van der Waals surface area contributed by atoms with Gasteiger partial charge in [0, 0.05) is 16.7 Å². The Morgan fingerprint density at radius 1 is 0.909 bits per heavy atom. The number of hydrogen-bond donors (Lipinski definition) is 0. The summed E-state index contributed by atoms with van der Waals surface area (Å²) in [5, 5.41) is 13.9. The summed E-state index contributed by atoms with van der Waals surface area (Å²) in [5.74, 6) is 1.79. The number of piperidine rings is 1. The number of thioether (sulfide) groups is 1. The lowest BCUT2D eigenvalue weighted by atomic mass is 10.1. The van der Waals surface area contributed by atoms with Crippen molar-refractivity contribution in [2.45, 2.75) is 43.3 Å². The fourth-order valence-electron chi connectivity index (χ4n) is 4.06.